The molecule has 4 nitrogen and oxygen atoms in total. The first-order chi connectivity index (χ1) is 17.3. The summed E-state index contributed by atoms with van der Waals surface area (Å²) in [7, 11) is 0. The molecular formula is C28H39N3OS4. The summed E-state index contributed by atoms with van der Waals surface area (Å²) in [6.07, 6.45) is 7.48. The summed E-state index contributed by atoms with van der Waals surface area (Å²) >= 11 is 7.17. The molecule has 0 atom stereocenters. The zero-order chi connectivity index (χ0) is 25.9. The Kier molecular flexibility index (Phi) is 12.4. The van der Waals surface area contributed by atoms with Crippen molar-refractivity contribution in [2.45, 2.75) is 104 Å². The predicted octanol–water partition coefficient (Wildman–Crippen LogP) is 9.46. The maximum Gasteiger partial charge on any atom is 0.224 e. The van der Waals surface area contributed by atoms with Gasteiger partial charge in [-0.25, -0.2) is 9.97 Å². The number of nitrogens with one attached hydrogen (secondary N) is 1. The zero-order valence-electron chi connectivity index (χ0n) is 22.1. The van der Waals surface area contributed by atoms with Gasteiger partial charge < -0.3 is 5.32 Å². The van der Waals surface area contributed by atoms with Crippen molar-refractivity contribution in [3.63, 3.8) is 0 Å². The molecule has 1 N–H and O–H groups in total. The average Bonchev–Trinajstić information content (AvgIpc) is 3.22. The highest BCUT2D eigenvalue weighted by molar-refractivity contribution is 8.01. The molecule has 3 aromatic rings. The van der Waals surface area contributed by atoms with Crippen LogP contribution in [0.4, 0.5) is 5.69 Å². The fourth-order valence-corrected chi connectivity index (χ4v) is 7.89. The lowest BCUT2D eigenvalue weighted by Gasteiger charge is -2.18. The van der Waals surface area contributed by atoms with Gasteiger partial charge in [0.1, 0.15) is 5.03 Å². The number of hydrogen-bond donors (Lipinski definition) is 1. The minimum Gasteiger partial charge on any atom is -0.323 e. The van der Waals surface area contributed by atoms with Gasteiger partial charge in [-0.1, -0.05) is 77.3 Å². The smallest absolute Gasteiger partial charge is 0.224 e. The van der Waals surface area contributed by atoms with E-state index in [1.165, 1.54) is 34.7 Å². The van der Waals surface area contributed by atoms with Crippen LogP contribution in [0.3, 0.4) is 0 Å². The Balaban J connectivity index is 1.35. The van der Waals surface area contributed by atoms with Gasteiger partial charge in [-0.3, -0.25) is 4.79 Å². The maximum absolute atomic E-state index is 12.8. The van der Waals surface area contributed by atoms with Crippen LogP contribution < -0.4 is 5.32 Å². The van der Waals surface area contributed by atoms with E-state index in [4.69, 9.17) is 9.97 Å². The van der Waals surface area contributed by atoms with Crippen molar-refractivity contribution in [2.24, 2.45) is 0 Å². The second-order valence-corrected chi connectivity index (χ2v) is 15.0. The standard InChI is InChI=1S/C28H39N3OS4/c1-19(2)34-24-18-21(5)29-27(35-20(3)4)26(24)31-25(32)16-10-8-6-7-9-13-17-33-28-30-22-14-11-12-15-23(22)36-28/h11-12,14-15,18-20H,6-10,13,16-17H2,1-5H3,(H,31,32). The van der Waals surface area contributed by atoms with Gasteiger partial charge in [-0.2, -0.15) is 0 Å². The second kappa shape index (κ2) is 15.3. The van der Waals surface area contributed by atoms with Gasteiger partial charge in [0.05, 0.1) is 15.9 Å². The number of aryl methyl sites for hydroxylation is 1. The summed E-state index contributed by atoms with van der Waals surface area (Å²) in [5.41, 5.74) is 3.00. The van der Waals surface area contributed by atoms with Gasteiger partial charge in [0, 0.05) is 33.3 Å². The molecule has 0 aliphatic heterocycles. The third kappa shape index (κ3) is 9.92. The summed E-state index contributed by atoms with van der Waals surface area (Å²) < 4.78 is 2.45. The van der Waals surface area contributed by atoms with Crippen molar-refractivity contribution < 1.29 is 4.79 Å². The molecule has 3 rings (SSSR count). The molecular weight excluding hydrogens is 523 g/mol. The molecule has 2 heterocycles. The Hall–Kier alpha value is -1.22. The lowest BCUT2D eigenvalue weighted by Crippen LogP contribution is -2.14. The molecule has 1 amide bonds. The van der Waals surface area contributed by atoms with Crippen molar-refractivity contribution in [1.82, 2.24) is 9.97 Å². The molecule has 0 bridgehead atoms. The number of thiazole rings is 1. The number of nitrogens with zero attached hydrogens (tertiary/aromatic N) is 2. The van der Waals surface area contributed by atoms with E-state index in [0.29, 0.717) is 16.9 Å². The number of anilines is 1. The minimum atomic E-state index is 0.101. The molecule has 0 aliphatic rings. The Bertz CT molecular complexity index is 1050. The second-order valence-electron chi connectivity index (χ2n) is 9.49. The number of benzene rings is 1. The number of hydrogen-bond acceptors (Lipinski definition) is 7. The average molecular weight is 562 g/mol. The predicted molar refractivity (Wildman–Crippen MR) is 162 cm³/mol. The number of unbranched alkanes of at least 4 members (excludes halogenated alkanes) is 5. The first-order valence-corrected chi connectivity index (χ1v) is 16.5. The van der Waals surface area contributed by atoms with Crippen LogP contribution in [0.2, 0.25) is 0 Å². The van der Waals surface area contributed by atoms with E-state index >= 15 is 0 Å². The van der Waals surface area contributed by atoms with Crippen molar-refractivity contribution in [1.29, 1.82) is 0 Å². The number of rotatable bonds is 15. The molecule has 0 saturated heterocycles. The maximum atomic E-state index is 12.8. The molecule has 1 aromatic carbocycles. The van der Waals surface area contributed by atoms with E-state index in [2.05, 4.69) is 57.3 Å². The van der Waals surface area contributed by atoms with Crippen molar-refractivity contribution in [3.05, 3.63) is 36.0 Å². The molecule has 0 saturated carbocycles. The number of aromatic nitrogens is 2. The number of amides is 1. The van der Waals surface area contributed by atoms with Crippen molar-refractivity contribution in [3.8, 4) is 0 Å². The van der Waals surface area contributed by atoms with E-state index in [1.807, 2.05) is 24.8 Å². The van der Waals surface area contributed by atoms with E-state index in [-0.39, 0.29) is 5.91 Å². The van der Waals surface area contributed by atoms with Gasteiger partial charge in [-0.15, -0.1) is 34.9 Å². The van der Waals surface area contributed by atoms with Crippen molar-refractivity contribution in [2.75, 3.05) is 11.1 Å². The number of para-hydroxylation sites is 1. The Morgan fingerprint density at radius 3 is 2.36 bits per heavy atom. The van der Waals surface area contributed by atoms with Crippen LogP contribution in [0.15, 0.2) is 44.6 Å². The third-order valence-corrected chi connectivity index (χ3v) is 9.65. The molecule has 2 aromatic heterocycles. The number of fused-ring (bicyclic) bond motifs is 1. The quantitative estimate of drug-likeness (QED) is 0.147. The molecule has 36 heavy (non-hydrogen) atoms. The first kappa shape index (κ1) is 29.3. The van der Waals surface area contributed by atoms with Crippen LogP contribution in [0.5, 0.6) is 0 Å². The van der Waals surface area contributed by atoms with E-state index in [1.54, 1.807) is 34.9 Å². The Morgan fingerprint density at radius 1 is 0.944 bits per heavy atom. The summed E-state index contributed by atoms with van der Waals surface area (Å²) in [5.74, 6) is 1.23. The van der Waals surface area contributed by atoms with Crippen LogP contribution in [0.1, 0.15) is 78.3 Å². The molecule has 0 spiro atoms. The van der Waals surface area contributed by atoms with Crippen molar-refractivity contribution >= 4 is 68.4 Å². The fraction of sp³-hybridized carbons (Fsp3) is 0.536. The lowest BCUT2D eigenvalue weighted by atomic mass is 10.1. The molecule has 0 aliphatic carbocycles. The highest BCUT2D eigenvalue weighted by atomic mass is 32.2. The molecule has 8 heteroatoms. The number of pyridine rings is 1. The van der Waals surface area contributed by atoms with Gasteiger partial charge in [-0.05, 0) is 38.0 Å². The number of carbonyl (C=O) groups excluding carboxylic acids is 1. The van der Waals surface area contributed by atoms with Crippen LogP contribution in [0.25, 0.3) is 10.2 Å². The normalized spacial score (nSPS) is 11.6. The van der Waals surface area contributed by atoms with Gasteiger partial charge in [0.15, 0.2) is 4.34 Å². The minimum absolute atomic E-state index is 0.101. The van der Waals surface area contributed by atoms with Gasteiger partial charge in [0.2, 0.25) is 5.91 Å². The molecule has 0 radical (unpaired) electrons. The van der Waals surface area contributed by atoms with Crippen LogP contribution in [-0.4, -0.2) is 32.1 Å². The highest BCUT2D eigenvalue weighted by Crippen LogP contribution is 2.38. The highest BCUT2D eigenvalue weighted by Gasteiger charge is 2.17. The monoisotopic (exact) mass is 561 g/mol. The summed E-state index contributed by atoms with van der Waals surface area (Å²) in [6.45, 7) is 10.7. The van der Waals surface area contributed by atoms with Gasteiger partial charge in [0.25, 0.3) is 0 Å². The molecule has 0 fully saturated rings. The fourth-order valence-electron chi connectivity index (χ4n) is 3.76. The van der Waals surface area contributed by atoms with E-state index < -0.39 is 0 Å². The van der Waals surface area contributed by atoms with E-state index in [9.17, 15) is 4.79 Å². The van der Waals surface area contributed by atoms with E-state index in [0.717, 1.165) is 45.4 Å². The summed E-state index contributed by atoms with van der Waals surface area (Å²) in [5, 5.41) is 5.00. The van der Waals surface area contributed by atoms with Crippen LogP contribution >= 0.6 is 46.6 Å². The summed E-state index contributed by atoms with van der Waals surface area (Å²) in [6, 6.07) is 10.4. The van der Waals surface area contributed by atoms with Crippen LogP contribution in [0, 0.1) is 6.92 Å². The third-order valence-electron chi connectivity index (χ3n) is 5.35. The lowest BCUT2D eigenvalue weighted by molar-refractivity contribution is -0.116. The topological polar surface area (TPSA) is 54.9 Å². The van der Waals surface area contributed by atoms with Gasteiger partial charge >= 0.3 is 0 Å². The van der Waals surface area contributed by atoms with Crippen LogP contribution in [-0.2, 0) is 4.79 Å². The zero-order valence-corrected chi connectivity index (χ0v) is 25.4. The number of thioether (sulfide) groups is 3. The summed E-state index contributed by atoms with van der Waals surface area (Å²) in [4.78, 5) is 23.3. The number of carbonyl (C=O) groups is 1. The Labute approximate surface area is 233 Å². The molecule has 196 valence electrons. The SMILES string of the molecule is Cc1cc(SC(C)C)c(NC(=O)CCCCCCCCSc2nc3ccccc3s2)c(SC(C)C)n1. The largest absolute Gasteiger partial charge is 0.323 e. The Morgan fingerprint density at radius 2 is 1.64 bits per heavy atom. The molecule has 0 unspecified atom stereocenters. The first-order valence-electron chi connectivity index (χ1n) is 12.9.